The molecule has 8 nitrogen and oxygen atoms in total. The summed E-state index contributed by atoms with van der Waals surface area (Å²) in [5, 5.41) is 0.966. The van der Waals surface area contributed by atoms with Gasteiger partial charge in [0.2, 0.25) is 10.0 Å². The minimum absolute atomic E-state index is 0.0585. The lowest BCUT2D eigenvalue weighted by Crippen LogP contribution is -2.39. The Hall–Kier alpha value is -3.66. The molecule has 41 heavy (non-hydrogen) atoms. The Bertz CT molecular complexity index is 1610. The molecule has 5 rings (SSSR count). The Kier molecular flexibility index (Phi) is 8.77. The lowest BCUT2D eigenvalue weighted by molar-refractivity contribution is 0.100. The van der Waals surface area contributed by atoms with Crippen molar-refractivity contribution in [2.45, 2.75) is 31.7 Å². The number of nitrogens with two attached hydrogens (primary N) is 1. The van der Waals surface area contributed by atoms with Gasteiger partial charge in [0.25, 0.3) is 5.91 Å². The zero-order valence-corrected chi connectivity index (χ0v) is 24.5. The average molecular weight is 575 g/mol. The van der Waals surface area contributed by atoms with Crippen molar-refractivity contribution in [2.24, 2.45) is 5.73 Å². The summed E-state index contributed by atoms with van der Waals surface area (Å²) in [7, 11) is 0.624. The fourth-order valence-corrected chi connectivity index (χ4v) is 7.20. The Labute approximate surface area is 242 Å². The molecule has 4 aromatic rings. The highest BCUT2D eigenvalue weighted by atomic mass is 32.2. The number of hydrogen-bond acceptors (Lipinski definition) is 5. The predicted octanol–water partition coefficient (Wildman–Crippen LogP) is 4.97. The highest BCUT2D eigenvalue weighted by Crippen LogP contribution is 2.37. The number of carbonyl (C=O) groups is 1. The highest BCUT2D eigenvalue weighted by Gasteiger charge is 2.30. The van der Waals surface area contributed by atoms with Gasteiger partial charge in [-0.25, -0.2) is 12.7 Å². The number of benzene rings is 3. The number of fused-ring (bicyclic) bond motifs is 1. The van der Waals surface area contributed by atoms with Crippen LogP contribution in [0.3, 0.4) is 0 Å². The number of nitrogens with one attached hydrogen (secondary N) is 1. The summed E-state index contributed by atoms with van der Waals surface area (Å²) in [5.74, 6) is 0.557. The van der Waals surface area contributed by atoms with Crippen LogP contribution in [-0.4, -0.2) is 68.1 Å². The van der Waals surface area contributed by atoms with E-state index < -0.39 is 15.9 Å². The van der Waals surface area contributed by atoms with Gasteiger partial charge in [0.1, 0.15) is 5.75 Å². The van der Waals surface area contributed by atoms with Crippen molar-refractivity contribution >= 4 is 26.8 Å². The number of nitrogens with zero attached hydrogens (tertiary/aromatic N) is 2. The molecule has 1 aliphatic heterocycles. The molecule has 0 unspecified atom stereocenters. The first-order valence-corrected chi connectivity index (χ1v) is 15.7. The molecule has 9 heteroatoms. The van der Waals surface area contributed by atoms with Crippen LogP contribution in [0.2, 0.25) is 0 Å². The number of aromatic amines is 1. The number of primary amides is 1. The van der Waals surface area contributed by atoms with Crippen LogP contribution >= 0.6 is 0 Å². The Morgan fingerprint density at radius 2 is 1.73 bits per heavy atom. The van der Waals surface area contributed by atoms with Gasteiger partial charge in [-0.15, -0.1) is 0 Å². The van der Waals surface area contributed by atoms with Gasteiger partial charge in [-0.2, -0.15) is 0 Å². The van der Waals surface area contributed by atoms with E-state index in [4.69, 9.17) is 10.5 Å². The predicted molar refractivity (Wildman–Crippen MR) is 164 cm³/mol. The zero-order valence-electron chi connectivity index (χ0n) is 23.7. The first-order chi connectivity index (χ1) is 19.7. The van der Waals surface area contributed by atoms with Crippen molar-refractivity contribution in [1.82, 2.24) is 14.2 Å². The monoisotopic (exact) mass is 574 g/mol. The number of sulfonamides is 1. The molecular weight excluding hydrogens is 536 g/mol. The normalized spacial score (nSPS) is 15.0. The summed E-state index contributed by atoms with van der Waals surface area (Å²) in [6, 6.07) is 21.7. The number of aromatic nitrogens is 1. The van der Waals surface area contributed by atoms with E-state index in [2.05, 4.69) is 16.0 Å². The van der Waals surface area contributed by atoms with Crippen LogP contribution < -0.4 is 10.5 Å². The number of piperidine rings is 1. The van der Waals surface area contributed by atoms with Gasteiger partial charge < -0.3 is 20.4 Å². The van der Waals surface area contributed by atoms with Crippen molar-refractivity contribution < 1.29 is 17.9 Å². The SMILES string of the molecule is CN(C)Cc1ccccc1OCCCS(=O)(=O)N1CCC(c2c[nH]c3c(C(N)=O)cc(-c4ccccc4)cc23)CC1. The number of rotatable bonds is 11. The maximum atomic E-state index is 13.1. The maximum absolute atomic E-state index is 13.1. The van der Waals surface area contributed by atoms with Gasteiger partial charge >= 0.3 is 0 Å². The van der Waals surface area contributed by atoms with Crippen LogP contribution in [0.5, 0.6) is 5.75 Å². The smallest absolute Gasteiger partial charge is 0.250 e. The van der Waals surface area contributed by atoms with Gasteiger partial charge in [0, 0.05) is 36.8 Å². The Morgan fingerprint density at radius 3 is 2.44 bits per heavy atom. The Balaban J connectivity index is 1.22. The second-order valence-electron chi connectivity index (χ2n) is 11.0. The third kappa shape index (κ3) is 6.64. The molecule has 0 saturated carbocycles. The van der Waals surface area contributed by atoms with Gasteiger partial charge in [-0.1, -0.05) is 48.5 Å². The summed E-state index contributed by atoms with van der Waals surface area (Å²) in [6.07, 6.45) is 3.80. The number of para-hydroxylation sites is 1. The fraction of sp³-hybridized carbons (Fsp3) is 0.344. The lowest BCUT2D eigenvalue weighted by atomic mass is 9.88. The van der Waals surface area contributed by atoms with Gasteiger partial charge in [0.05, 0.1) is 23.4 Å². The molecule has 0 aliphatic carbocycles. The second-order valence-corrected chi connectivity index (χ2v) is 13.0. The molecule has 3 N–H and O–H groups in total. The molecule has 0 radical (unpaired) electrons. The highest BCUT2D eigenvalue weighted by molar-refractivity contribution is 7.89. The number of H-pyrrole nitrogens is 1. The number of ether oxygens (including phenoxy) is 1. The number of amides is 1. The third-order valence-electron chi connectivity index (χ3n) is 7.74. The molecule has 0 bridgehead atoms. The lowest BCUT2D eigenvalue weighted by Gasteiger charge is -2.31. The molecular formula is C32H38N4O4S. The minimum atomic E-state index is -3.39. The topological polar surface area (TPSA) is 109 Å². The van der Waals surface area contributed by atoms with Crippen LogP contribution in [0, 0.1) is 0 Å². The third-order valence-corrected chi connectivity index (χ3v) is 9.70. The molecule has 1 aromatic heterocycles. The molecule has 1 amide bonds. The zero-order chi connectivity index (χ0) is 29.0. The molecule has 216 valence electrons. The van der Waals surface area contributed by atoms with E-state index in [1.807, 2.05) is 81.0 Å². The molecule has 2 heterocycles. The standard InChI is InChI=1S/C32H38N4O4S/c1-35(2)22-25-11-6-7-12-30(25)40-17-8-18-41(38,39)36-15-13-24(14-16-36)29-21-34-31-27(29)19-26(20-28(31)32(33)37)23-9-4-3-5-10-23/h3-7,9-12,19-21,24,34H,8,13-18,22H2,1-2H3,(H2,33,37). The van der Waals surface area contributed by atoms with Crippen molar-refractivity contribution in [2.75, 3.05) is 39.5 Å². The summed E-state index contributed by atoms with van der Waals surface area (Å²) in [6.45, 7) is 2.04. The maximum Gasteiger partial charge on any atom is 0.250 e. The van der Waals surface area contributed by atoms with E-state index in [1.165, 1.54) is 0 Å². The van der Waals surface area contributed by atoms with E-state index in [-0.39, 0.29) is 11.7 Å². The van der Waals surface area contributed by atoms with Crippen LogP contribution in [0.1, 0.15) is 46.7 Å². The average Bonchev–Trinajstić information content (AvgIpc) is 3.40. The first kappa shape index (κ1) is 28.9. The molecule has 0 atom stereocenters. The van der Waals surface area contributed by atoms with Gasteiger partial charge in [-0.05, 0) is 74.2 Å². The van der Waals surface area contributed by atoms with E-state index in [0.29, 0.717) is 44.5 Å². The van der Waals surface area contributed by atoms with Crippen molar-refractivity contribution in [3.8, 4) is 16.9 Å². The van der Waals surface area contributed by atoms with Crippen LogP contribution in [0.25, 0.3) is 22.0 Å². The quantitative estimate of drug-likeness (QED) is 0.246. The van der Waals surface area contributed by atoms with Crippen LogP contribution in [0.15, 0.2) is 72.9 Å². The molecule has 1 saturated heterocycles. The first-order valence-electron chi connectivity index (χ1n) is 14.1. The van der Waals surface area contributed by atoms with Crippen LogP contribution in [-0.2, 0) is 16.6 Å². The summed E-state index contributed by atoms with van der Waals surface area (Å²) < 4.78 is 33.8. The summed E-state index contributed by atoms with van der Waals surface area (Å²) in [5.41, 5.74) is 11.1. The van der Waals surface area contributed by atoms with Crippen molar-refractivity contribution in [1.29, 1.82) is 0 Å². The Morgan fingerprint density at radius 1 is 1.02 bits per heavy atom. The molecule has 3 aromatic carbocycles. The van der Waals surface area contributed by atoms with E-state index >= 15 is 0 Å². The fourth-order valence-electron chi connectivity index (χ4n) is 5.70. The second kappa shape index (κ2) is 12.5. The van der Waals surface area contributed by atoms with E-state index in [0.717, 1.165) is 45.5 Å². The molecule has 0 spiro atoms. The number of carbonyl (C=O) groups excluding carboxylic acids is 1. The summed E-state index contributed by atoms with van der Waals surface area (Å²) >= 11 is 0. The van der Waals surface area contributed by atoms with Crippen LogP contribution in [0.4, 0.5) is 0 Å². The largest absolute Gasteiger partial charge is 0.493 e. The van der Waals surface area contributed by atoms with E-state index in [1.54, 1.807) is 4.31 Å². The van der Waals surface area contributed by atoms with Gasteiger partial charge in [0.15, 0.2) is 0 Å². The summed E-state index contributed by atoms with van der Waals surface area (Å²) in [4.78, 5) is 17.6. The van der Waals surface area contributed by atoms with Crippen molar-refractivity contribution in [3.63, 3.8) is 0 Å². The molecule has 1 fully saturated rings. The number of hydrogen-bond donors (Lipinski definition) is 2. The van der Waals surface area contributed by atoms with Crippen molar-refractivity contribution in [3.05, 3.63) is 89.6 Å². The minimum Gasteiger partial charge on any atom is -0.493 e. The van der Waals surface area contributed by atoms with E-state index in [9.17, 15) is 13.2 Å². The molecule has 1 aliphatic rings. The van der Waals surface area contributed by atoms with Gasteiger partial charge in [-0.3, -0.25) is 4.79 Å².